The highest BCUT2D eigenvalue weighted by Gasteiger charge is 2.09. The second-order valence-electron chi connectivity index (χ2n) is 5.29. The first-order chi connectivity index (χ1) is 13.1. The Labute approximate surface area is 153 Å². The summed E-state index contributed by atoms with van der Waals surface area (Å²) in [6.45, 7) is -2.73. The fraction of sp³-hybridized carbons (Fsp3) is 0.111. The highest BCUT2D eigenvalue weighted by molar-refractivity contribution is 5.92. The van der Waals surface area contributed by atoms with Crippen LogP contribution < -0.4 is 10.1 Å². The number of amides is 1. The number of carbonyl (C=O) groups is 1. The third-order valence-electron chi connectivity index (χ3n) is 3.51. The highest BCUT2D eigenvalue weighted by Crippen LogP contribution is 2.21. The zero-order chi connectivity index (χ0) is 19.1. The van der Waals surface area contributed by atoms with Gasteiger partial charge in [-0.15, -0.1) is 0 Å². The van der Waals surface area contributed by atoms with Gasteiger partial charge in [0.15, 0.2) is 5.82 Å². The maximum absolute atomic E-state index is 12.4. The Morgan fingerprint density at radius 1 is 1.26 bits per heavy atom. The third kappa shape index (κ3) is 4.94. The van der Waals surface area contributed by atoms with Crippen LogP contribution in [0.4, 0.5) is 8.78 Å². The Morgan fingerprint density at radius 2 is 2.11 bits per heavy atom. The molecule has 0 aliphatic rings. The zero-order valence-corrected chi connectivity index (χ0v) is 14.0. The fourth-order valence-corrected chi connectivity index (χ4v) is 2.32. The van der Waals surface area contributed by atoms with E-state index in [1.807, 2.05) is 0 Å². The van der Waals surface area contributed by atoms with Gasteiger partial charge in [-0.3, -0.25) is 4.79 Å². The van der Waals surface area contributed by atoms with Crippen LogP contribution in [-0.2, 0) is 11.3 Å². The van der Waals surface area contributed by atoms with Gasteiger partial charge in [-0.2, -0.15) is 13.9 Å². The minimum Gasteiger partial charge on any atom is -0.434 e. The maximum Gasteiger partial charge on any atom is 0.387 e. The first kappa shape index (κ1) is 18.2. The molecule has 0 bridgehead atoms. The first-order valence-electron chi connectivity index (χ1n) is 7.92. The monoisotopic (exact) mass is 371 g/mol. The minimum absolute atomic E-state index is 0.00252. The van der Waals surface area contributed by atoms with Crippen LogP contribution in [0.5, 0.6) is 5.75 Å². The van der Waals surface area contributed by atoms with Crippen molar-refractivity contribution in [1.29, 1.82) is 0 Å². The van der Waals surface area contributed by atoms with E-state index >= 15 is 0 Å². The molecule has 9 heteroatoms. The molecule has 0 saturated carbocycles. The minimum atomic E-state index is -2.94. The Bertz CT molecular complexity index is 929. The van der Waals surface area contributed by atoms with E-state index in [0.717, 1.165) is 5.56 Å². The average molecular weight is 371 g/mol. The summed E-state index contributed by atoms with van der Waals surface area (Å²) < 4.78 is 30.8. The second kappa shape index (κ2) is 8.65. The van der Waals surface area contributed by atoms with Gasteiger partial charge in [-0.1, -0.05) is 24.3 Å². The standard InChI is InChI=1S/C18H15F2N5O2/c19-18(20)27-15-6-2-1-4-13(15)7-8-16(26)23-10-14-5-3-9-22-17(14)25-12-21-11-24-25/h1-9,11-12,18H,10H2,(H,23,26). The van der Waals surface area contributed by atoms with Crippen LogP contribution in [0.15, 0.2) is 61.3 Å². The maximum atomic E-state index is 12.4. The molecule has 0 spiro atoms. The molecule has 3 aromatic rings. The summed E-state index contributed by atoms with van der Waals surface area (Å²) >= 11 is 0. The lowest BCUT2D eigenvalue weighted by Gasteiger charge is -2.08. The topological polar surface area (TPSA) is 81.9 Å². The van der Waals surface area contributed by atoms with Crippen molar-refractivity contribution in [3.8, 4) is 11.6 Å². The molecule has 0 radical (unpaired) electrons. The summed E-state index contributed by atoms with van der Waals surface area (Å²) in [5.74, 6) is 0.155. The van der Waals surface area contributed by atoms with Crippen LogP contribution >= 0.6 is 0 Å². The Hall–Kier alpha value is -3.62. The van der Waals surface area contributed by atoms with Crippen LogP contribution in [0.1, 0.15) is 11.1 Å². The number of benzene rings is 1. The van der Waals surface area contributed by atoms with Crippen LogP contribution in [0.25, 0.3) is 11.9 Å². The van der Waals surface area contributed by atoms with Crippen LogP contribution in [0.2, 0.25) is 0 Å². The van der Waals surface area contributed by atoms with Gasteiger partial charge in [0.1, 0.15) is 18.4 Å². The van der Waals surface area contributed by atoms with Gasteiger partial charge < -0.3 is 10.1 Å². The van der Waals surface area contributed by atoms with E-state index in [0.29, 0.717) is 11.4 Å². The average Bonchev–Trinajstić information content (AvgIpc) is 3.20. The normalized spacial score (nSPS) is 11.1. The molecular weight excluding hydrogens is 356 g/mol. The zero-order valence-electron chi connectivity index (χ0n) is 14.0. The number of nitrogens with one attached hydrogen (secondary N) is 1. The molecule has 0 atom stereocenters. The number of para-hydroxylation sites is 1. The van der Waals surface area contributed by atoms with Gasteiger partial charge in [-0.25, -0.2) is 14.6 Å². The number of rotatable bonds is 7. The predicted molar refractivity (Wildman–Crippen MR) is 93.1 cm³/mol. The second-order valence-corrected chi connectivity index (χ2v) is 5.29. The lowest BCUT2D eigenvalue weighted by Crippen LogP contribution is -2.21. The van der Waals surface area contributed by atoms with E-state index in [-0.39, 0.29) is 12.3 Å². The number of carbonyl (C=O) groups excluding carboxylic acids is 1. The van der Waals surface area contributed by atoms with Crippen LogP contribution in [0.3, 0.4) is 0 Å². The van der Waals surface area contributed by atoms with Crippen molar-refractivity contribution in [3.05, 3.63) is 72.5 Å². The molecule has 2 aromatic heterocycles. The summed E-state index contributed by atoms with van der Waals surface area (Å²) in [6, 6.07) is 9.77. The largest absolute Gasteiger partial charge is 0.434 e. The first-order valence-corrected chi connectivity index (χ1v) is 7.92. The molecule has 0 aliphatic carbocycles. The molecule has 1 N–H and O–H groups in total. The van der Waals surface area contributed by atoms with E-state index in [1.54, 1.807) is 36.5 Å². The Morgan fingerprint density at radius 3 is 2.89 bits per heavy atom. The summed E-state index contributed by atoms with van der Waals surface area (Å²) in [5, 5.41) is 6.74. The lowest BCUT2D eigenvalue weighted by molar-refractivity contribution is -0.116. The number of hydrogen-bond donors (Lipinski definition) is 1. The SMILES string of the molecule is O=C(C=Cc1ccccc1OC(F)F)NCc1cccnc1-n1cncn1. The summed E-state index contributed by atoms with van der Waals surface area (Å²) in [6.07, 6.45) is 7.17. The van der Waals surface area contributed by atoms with Crippen molar-refractivity contribution < 1.29 is 18.3 Å². The molecule has 1 amide bonds. The van der Waals surface area contributed by atoms with Gasteiger partial charge in [0.2, 0.25) is 5.91 Å². The van der Waals surface area contributed by atoms with Crippen molar-refractivity contribution in [1.82, 2.24) is 25.1 Å². The molecule has 27 heavy (non-hydrogen) atoms. The number of nitrogens with zero attached hydrogens (tertiary/aromatic N) is 4. The molecule has 0 saturated heterocycles. The fourth-order valence-electron chi connectivity index (χ4n) is 2.32. The molecule has 3 rings (SSSR count). The molecular formula is C18H15F2N5O2. The molecule has 2 heterocycles. The molecule has 0 aliphatic heterocycles. The van der Waals surface area contributed by atoms with Gasteiger partial charge in [0.05, 0.1) is 0 Å². The van der Waals surface area contributed by atoms with Crippen molar-refractivity contribution >= 4 is 12.0 Å². The van der Waals surface area contributed by atoms with E-state index in [2.05, 4.69) is 25.1 Å². The number of alkyl halides is 2. The predicted octanol–water partition coefficient (Wildman–Crippen LogP) is 2.59. The van der Waals surface area contributed by atoms with Gasteiger partial charge in [0.25, 0.3) is 0 Å². The smallest absolute Gasteiger partial charge is 0.387 e. The summed E-state index contributed by atoms with van der Waals surface area (Å²) in [4.78, 5) is 20.2. The third-order valence-corrected chi connectivity index (χ3v) is 3.51. The quantitative estimate of drug-likeness (QED) is 0.646. The molecule has 0 unspecified atom stereocenters. The van der Waals surface area contributed by atoms with E-state index in [9.17, 15) is 13.6 Å². The Balaban J connectivity index is 1.66. The molecule has 0 fully saturated rings. The Kier molecular flexibility index (Phi) is 5.83. The molecule has 138 valence electrons. The van der Waals surface area contributed by atoms with Gasteiger partial charge in [-0.05, 0) is 18.2 Å². The van der Waals surface area contributed by atoms with Crippen molar-refractivity contribution in [2.24, 2.45) is 0 Å². The molecule has 1 aromatic carbocycles. The number of halogens is 2. The number of aromatic nitrogens is 4. The summed E-state index contributed by atoms with van der Waals surface area (Å²) in [7, 11) is 0. The number of ether oxygens (including phenoxy) is 1. The van der Waals surface area contributed by atoms with Crippen molar-refractivity contribution in [3.63, 3.8) is 0 Å². The van der Waals surface area contributed by atoms with Crippen LogP contribution in [-0.4, -0.2) is 32.3 Å². The lowest BCUT2D eigenvalue weighted by atomic mass is 10.2. The van der Waals surface area contributed by atoms with Crippen LogP contribution in [0, 0.1) is 0 Å². The van der Waals surface area contributed by atoms with E-state index < -0.39 is 12.5 Å². The molecule has 7 nitrogen and oxygen atoms in total. The van der Waals surface area contributed by atoms with E-state index in [4.69, 9.17) is 0 Å². The summed E-state index contributed by atoms with van der Waals surface area (Å²) in [5.41, 5.74) is 1.11. The number of hydrogen-bond acceptors (Lipinski definition) is 5. The van der Waals surface area contributed by atoms with Gasteiger partial charge >= 0.3 is 6.61 Å². The van der Waals surface area contributed by atoms with E-state index in [1.165, 1.54) is 35.6 Å². The van der Waals surface area contributed by atoms with Crippen molar-refractivity contribution in [2.75, 3.05) is 0 Å². The highest BCUT2D eigenvalue weighted by atomic mass is 19.3. The van der Waals surface area contributed by atoms with Crippen molar-refractivity contribution in [2.45, 2.75) is 13.2 Å². The number of pyridine rings is 1. The van der Waals surface area contributed by atoms with Gasteiger partial charge in [0, 0.05) is 29.9 Å².